The molecule has 0 N–H and O–H groups in total. The molecular weight excluding hydrogens is 188 g/mol. The van der Waals surface area contributed by atoms with Crippen molar-refractivity contribution in [3.05, 3.63) is 33.2 Å². The smallest absolute Gasteiger partial charge is 0.258 e. The van der Waals surface area contributed by atoms with Gasteiger partial charge in [-0.15, -0.1) is 0 Å². The van der Waals surface area contributed by atoms with Crippen molar-refractivity contribution in [1.82, 2.24) is 4.37 Å². The Kier molecular flexibility index (Phi) is 1.73. The average Bonchev–Trinajstić information content (AvgIpc) is 2.52. The molecule has 0 atom stereocenters. The lowest BCUT2D eigenvalue weighted by Gasteiger charge is -1.96. The molecule has 66 valence electrons. The van der Waals surface area contributed by atoms with Crippen molar-refractivity contribution in [2.75, 3.05) is 0 Å². The number of aromatic nitrogens is 1. The highest BCUT2D eigenvalue weighted by Crippen LogP contribution is 2.27. The van der Waals surface area contributed by atoms with Gasteiger partial charge in [-0.25, -0.2) is 0 Å². The summed E-state index contributed by atoms with van der Waals surface area (Å²) in [5, 5.41) is 13.3. The van der Waals surface area contributed by atoms with Gasteiger partial charge in [0.15, 0.2) is 0 Å². The highest BCUT2D eigenvalue weighted by atomic mass is 32.1. The Balaban J connectivity index is 2.80. The summed E-state index contributed by atoms with van der Waals surface area (Å²) in [4.78, 5) is 10.2. The van der Waals surface area contributed by atoms with E-state index in [4.69, 9.17) is 0 Å². The Hall–Kier alpha value is -1.49. The maximum absolute atomic E-state index is 10.6. The summed E-state index contributed by atoms with van der Waals surface area (Å²) in [6, 6.07) is 3.17. The van der Waals surface area contributed by atoms with E-state index in [1.165, 1.54) is 17.6 Å². The lowest BCUT2D eigenvalue weighted by Crippen LogP contribution is -1.91. The Morgan fingerprint density at radius 3 is 3.00 bits per heavy atom. The number of hydrogen-bond acceptors (Lipinski definition) is 4. The van der Waals surface area contributed by atoms with Crippen LogP contribution in [0.5, 0.6) is 0 Å². The zero-order valence-electron chi connectivity index (χ0n) is 6.85. The molecule has 1 heterocycles. The van der Waals surface area contributed by atoms with E-state index in [1.807, 2.05) is 5.38 Å². The molecule has 0 spiro atoms. The minimum absolute atomic E-state index is 0.160. The summed E-state index contributed by atoms with van der Waals surface area (Å²) in [6.07, 6.45) is 0. The summed E-state index contributed by atoms with van der Waals surface area (Å²) in [5.41, 5.74) is 1.68. The zero-order valence-corrected chi connectivity index (χ0v) is 7.67. The standard InChI is InChI=1S/C8H6N2O2S/c1-5-6-4-13-9-7(6)2-3-8(5)10(11)12/h2-4H,1H3. The van der Waals surface area contributed by atoms with Gasteiger partial charge in [0.25, 0.3) is 5.69 Å². The third-order valence-corrected chi connectivity index (χ3v) is 2.62. The number of rotatable bonds is 1. The van der Waals surface area contributed by atoms with Crippen LogP contribution in [0.3, 0.4) is 0 Å². The molecule has 1 aromatic carbocycles. The topological polar surface area (TPSA) is 56.0 Å². The zero-order chi connectivity index (χ0) is 9.42. The Bertz CT molecular complexity index is 478. The molecule has 0 saturated carbocycles. The van der Waals surface area contributed by atoms with Crippen LogP contribution in [0.4, 0.5) is 5.69 Å². The van der Waals surface area contributed by atoms with Gasteiger partial charge < -0.3 is 0 Å². The van der Waals surface area contributed by atoms with Gasteiger partial charge in [0.1, 0.15) is 0 Å². The molecule has 0 radical (unpaired) electrons. The average molecular weight is 194 g/mol. The van der Waals surface area contributed by atoms with Crippen LogP contribution in [0, 0.1) is 17.0 Å². The summed E-state index contributed by atoms with van der Waals surface area (Å²) >= 11 is 1.31. The van der Waals surface area contributed by atoms with E-state index in [9.17, 15) is 10.1 Å². The van der Waals surface area contributed by atoms with E-state index in [-0.39, 0.29) is 10.6 Å². The van der Waals surface area contributed by atoms with Crippen molar-refractivity contribution in [2.24, 2.45) is 0 Å². The van der Waals surface area contributed by atoms with Crippen molar-refractivity contribution >= 4 is 28.1 Å². The largest absolute Gasteiger partial charge is 0.273 e. The van der Waals surface area contributed by atoms with Crippen molar-refractivity contribution in [3.8, 4) is 0 Å². The third kappa shape index (κ3) is 1.17. The van der Waals surface area contributed by atoms with Crippen LogP contribution in [-0.4, -0.2) is 9.30 Å². The summed E-state index contributed by atoms with van der Waals surface area (Å²) in [6.45, 7) is 1.74. The van der Waals surface area contributed by atoms with Crippen LogP contribution < -0.4 is 0 Å². The van der Waals surface area contributed by atoms with Gasteiger partial charge in [0.05, 0.1) is 10.4 Å². The molecule has 0 aliphatic carbocycles. The molecule has 2 aromatic rings. The first-order valence-corrected chi connectivity index (χ1v) is 4.52. The van der Waals surface area contributed by atoms with Crippen molar-refractivity contribution in [3.63, 3.8) is 0 Å². The van der Waals surface area contributed by atoms with Crippen LogP contribution in [0.15, 0.2) is 17.5 Å². The molecule has 0 bridgehead atoms. The monoisotopic (exact) mass is 194 g/mol. The van der Waals surface area contributed by atoms with Crippen LogP contribution in [0.2, 0.25) is 0 Å². The van der Waals surface area contributed by atoms with Gasteiger partial charge >= 0.3 is 0 Å². The van der Waals surface area contributed by atoms with Crippen LogP contribution in [-0.2, 0) is 0 Å². The first kappa shape index (κ1) is 8.12. The van der Waals surface area contributed by atoms with Crippen molar-refractivity contribution in [2.45, 2.75) is 6.92 Å². The van der Waals surface area contributed by atoms with Gasteiger partial charge in [-0.1, -0.05) is 0 Å². The van der Waals surface area contributed by atoms with E-state index in [0.29, 0.717) is 5.56 Å². The molecule has 0 saturated heterocycles. The number of hydrogen-bond donors (Lipinski definition) is 0. The second-order valence-corrected chi connectivity index (χ2v) is 3.34. The van der Waals surface area contributed by atoms with Crippen molar-refractivity contribution < 1.29 is 4.92 Å². The second-order valence-electron chi connectivity index (χ2n) is 2.71. The highest BCUT2D eigenvalue weighted by Gasteiger charge is 2.13. The number of fused-ring (bicyclic) bond motifs is 1. The van der Waals surface area contributed by atoms with Gasteiger partial charge in [0, 0.05) is 22.4 Å². The predicted octanol–water partition coefficient (Wildman–Crippen LogP) is 2.51. The van der Waals surface area contributed by atoms with Crippen molar-refractivity contribution in [1.29, 1.82) is 0 Å². The Morgan fingerprint density at radius 1 is 1.54 bits per heavy atom. The lowest BCUT2D eigenvalue weighted by molar-refractivity contribution is -0.385. The minimum Gasteiger partial charge on any atom is -0.258 e. The van der Waals surface area contributed by atoms with Gasteiger partial charge in [-0.2, -0.15) is 4.37 Å². The molecule has 0 amide bonds. The molecule has 5 heteroatoms. The quantitative estimate of drug-likeness (QED) is 0.517. The lowest BCUT2D eigenvalue weighted by atomic mass is 10.1. The molecule has 2 rings (SSSR count). The van der Waals surface area contributed by atoms with Crippen LogP contribution in [0.1, 0.15) is 5.56 Å². The van der Waals surface area contributed by atoms with E-state index < -0.39 is 0 Å². The van der Waals surface area contributed by atoms with Gasteiger partial charge in [0.2, 0.25) is 0 Å². The molecule has 13 heavy (non-hydrogen) atoms. The highest BCUT2D eigenvalue weighted by molar-refractivity contribution is 7.04. The van der Waals surface area contributed by atoms with E-state index in [0.717, 1.165) is 10.9 Å². The Labute approximate surface area is 78.1 Å². The molecule has 0 aliphatic heterocycles. The SMILES string of the molecule is Cc1c([N+](=O)[O-])ccc2nscc12. The molecule has 0 aliphatic rings. The second kappa shape index (κ2) is 2.77. The normalized spacial score (nSPS) is 10.5. The molecular formula is C8H6N2O2S. The third-order valence-electron chi connectivity index (χ3n) is 1.98. The van der Waals surface area contributed by atoms with Gasteiger partial charge in [-0.3, -0.25) is 10.1 Å². The number of nitro benzene ring substituents is 1. The molecule has 4 nitrogen and oxygen atoms in total. The summed E-state index contributed by atoms with van der Waals surface area (Å²) in [7, 11) is 0. The number of aryl methyl sites for hydroxylation is 1. The van der Waals surface area contributed by atoms with Crippen LogP contribution >= 0.6 is 11.5 Å². The maximum Gasteiger partial charge on any atom is 0.273 e. The Morgan fingerprint density at radius 2 is 2.31 bits per heavy atom. The number of nitrogens with zero attached hydrogens (tertiary/aromatic N) is 2. The summed E-state index contributed by atoms with van der Waals surface area (Å²) < 4.78 is 4.10. The fourth-order valence-corrected chi connectivity index (χ4v) is 1.99. The predicted molar refractivity (Wildman–Crippen MR) is 51.0 cm³/mol. The van der Waals surface area contributed by atoms with Gasteiger partial charge in [-0.05, 0) is 24.5 Å². The van der Waals surface area contributed by atoms with E-state index in [1.54, 1.807) is 13.0 Å². The number of benzene rings is 1. The fraction of sp³-hybridized carbons (Fsp3) is 0.125. The molecule has 1 aromatic heterocycles. The van der Waals surface area contributed by atoms with Crippen LogP contribution in [0.25, 0.3) is 10.9 Å². The minimum atomic E-state index is -0.369. The summed E-state index contributed by atoms with van der Waals surface area (Å²) in [5.74, 6) is 0. The molecule has 0 fully saturated rings. The molecule has 0 unspecified atom stereocenters. The first-order valence-electron chi connectivity index (χ1n) is 3.68. The maximum atomic E-state index is 10.6. The fourth-order valence-electron chi connectivity index (χ4n) is 1.26. The first-order chi connectivity index (χ1) is 6.20. The van der Waals surface area contributed by atoms with E-state index in [2.05, 4.69) is 4.37 Å². The van der Waals surface area contributed by atoms with E-state index >= 15 is 0 Å². The number of nitro groups is 1.